The topological polar surface area (TPSA) is 9.23 Å². The zero-order valence-electron chi connectivity index (χ0n) is 9.33. The Morgan fingerprint density at radius 1 is 1.38 bits per heavy atom. The Kier molecular flexibility index (Phi) is 4.22. The lowest BCUT2D eigenvalue weighted by Crippen LogP contribution is -2.06. The third kappa shape index (κ3) is 2.40. The first-order chi connectivity index (χ1) is 7.86. The molecule has 1 nitrogen and oxygen atoms in total. The molecule has 1 aliphatic rings. The normalized spacial score (nSPS) is 14.1. The first-order valence-corrected chi connectivity index (χ1v) is 6.85. The third-order valence-corrected chi connectivity index (χ3v) is 3.70. The summed E-state index contributed by atoms with van der Waals surface area (Å²) in [7, 11) is 0. The zero-order valence-corrected chi connectivity index (χ0v) is 10.9. The molecule has 0 atom stereocenters. The molecule has 0 aliphatic carbocycles. The Bertz CT molecular complexity index is 464. The van der Waals surface area contributed by atoms with E-state index in [1.807, 2.05) is 18.3 Å². The number of hydrogen-bond acceptors (Lipinski definition) is 2. The van der Waals surface area contributed by atoms with Gasteiger partial charge in [-0.25, -0.2) is 0 Å². The molecule has 1 aromatic carbocycles. The summed E-state index contributed by atoms with van der Waals surface area (Å²) in [6.07, 6.45) is 1.08. The number of rotatable bonds is 0. The van der Waals surface area contributed by atoms with Gasteiger partial charge in [0.05, 0.1) is 13.2 Å². The highest BCUT2D eigenvalue weighted by Gasteiger charge is 2.15. The van der Waals surface area contributed by atoms with Crippen LogP contribution in [0.25, 0.3) is 10.1 Å². The van der Waals surface area contributed by atoms with Gasteiger partial charge in [-0.05, 0) is 23.4 Å². The van der Waals surface area contributed by atoms with Crippen LogP contribution in [-0.4, -0.2) is 12.5 Å². The maximum absolute atomic E-state index is 5.44. The van der Waals surface area contributed by atoms with E-state index in [2.05, 4.69) is 24.3 Å². The van der Waals surface area contributed by atoms with Gasteiger partial charge in [0, 0.05) is 15.5 Å². The van der Waals surface area contributed by atoms with Gasteiger partial charge in [-0.2, -0.15) is 0 Å². The van der Waals surface area contributed by atoms with Crippen molar-refractivity contribution in [3.63, 3.8) is 0 Å². The summed E-state index contributed by atoms with van der Waals surface area (Å²) in [4.78, 5) is 1.42. The van der Waals surface area contributed by atoms with Crippen molar-refractivity contribution in [2.75, 3.05) is 12.5 Å². The van der Waals surface area contributed by atoms with Gasteiger partial charge >= 0.3 is 0 Å². The minimum absolute atomic E-state index is 0.722. The summed E-state index contributed by atoms with van der Waals surface area (Å²) in [5, 5.41) is 1.44. The van der Waals surface area contributed by atoms with Crippen LogP contribution < -0.4 is 0 Å². The molecule has 0 N–H and O–H groups in total. The second kappa shape index (κ2) is 5.67. The Hall–Kier alpha value is -0.570. The van der Waals surface area contributed by atoms with Crippen LogP contribution in [0.15, 0.2) is 24.3 Å². The van der Waals surface area contributed by atoms with Crippen LogP contribution in [-0.2, 0) is 17.8 Å². The maximum atomic E-state index is 5.44. The van der Waals surface area contributed by atoms with Gasteiger partial charge in [-0.3, -0.25) is 0 Å². The van der Waals surface area contributed by atoms with Gasteiger partial charge in [-0.1, -0.05) is 25.1 Å². The largest absolute Gasteiger partial charge is 0.376 e. The molecule has 0 spiro atoms. The average Bonchev–Trinajstić information content (AvgIpc) is 2.68. The molecular weight excluding hydrogens is 240 g/mol. The maximum Gasteiger partial charge on any atom is 0.0812 e. The molecule has 1 aromatic heterocycles. The van der Waals surface area contributed by atoms with Crippen LogP contribution in [0, 0.1) is 0 Å². The van der Waals surface area contributed by atoms with Crippen LogP contribution in [0.2, 0.25) is 0 Å². The second-order valence-electron chi connectivity index (χ2n) is 3.57. The van der Waals surface area contributed by atoms with Crippen molar-refractivity contribution in [1.82, 2.24) is 0 Å². The molecule has 1 aliphatic heterocycles. The Morgan fingerprint density at radius 3 is 2.94 bits per heavy atom. The number of thiophene rings is 1. The summed E-state index contributed by atoms with van der Waals surface area (Å²) >= 11 is 6.87. The smallest absolute Gasteiger partial charge is 0.0812 e. The summed E-state index contributed by atoms with van der Waals surface area (Å²) in [5.74, 6) is 0.722. The Labute approximate surface area is 105 Å². The van der Waals surface area contributed by atoms with Crippen molar-refractivity contribution in [3.8, 4) is 0 Å². The lowest BCUT2D eigenvalue weighted by molar-refractivity contribution is 0.114. The van der Waals surface area contributed by atoms with Crippen molar-refractivity contribution in [2.24, 2.45) is 0 Å². The van der Waals surface area contributed by atoms with E-state index in [-0.39, 0.29) is 0 Å². The fourth-order valence-electron chi connectivity index (χ4n) is 1.88. The van der Waals surface area contributed by atoms with Gasteiger partial charge in [0.2, 0.25) is 0 Å². The average molecular weight is 255 g/mol. The van der Waals surface area contributed by atoms with Crippen LogP contribution in [0.5, 0.6) is 0 Å². The first kappa shape index (κ1) is 11.9. The number of halogens is 1. The molecule has 2 aromatic rings. The highest BCUT2D eigenvalue weighted by molar-refractivity contribution is 7.19. The highest BCUT2D eigenvalue weighted by Crippen LogP contribution is 2.33. The minimum atomic E-state index is 0.722. The van der Waals surface area contributed by atoms with Crippen LogP contribution in [0.1, 0.15) is 17.4 Å². The van der Waals surface area contributed by atoms with Gasteiger partial charge in [0.15, 0.2) is 0 Å². The summed E-state index contributed by atoms with van der Waals surface area (Å²) in [6.45, 7) is 3.59. The second-order valence-corrected chi connectivity index (χ2v) is 5.24. The quantitative estimate of drug-likeness (QED) is 0.640. The van der Waals surface area contributed by atoms with Crippen LogP contribution in [0.3, 0.4) is 0 Å². The molecule has 2 heterocycles. The van der Waals surface area contributed by atoms with Crippen molar-refractivity contribution in [3.05, 3.63) is 34.7 Å². The van der Waals surface area contributed by atoms with Gasteiger partial charge in [0.1, 0.15) is 0 Å². The number of benzene rings is 1. The standard InChI is InChI=1S/C11H10OS.C2H5Cl/c1-2-4-10-8(3-1)9-5-6-12-7-11(9)13-10;1-2-3/h1-4H,5-7H2;2H2,1H3. The number of hydrogen-bond donors (Lipinski definition) is 0. The lowest BCUT2D eigenvalue weighted by Gasteiger charge is -2.11. The molecule has 0 saturated carbocycles. The van der Waals surface area contributed by atoms with E-state index in [0.29, 0.717) is 0 Å². The molecule has 0 unspecified atom stereocenters. The van der Waals surface area contributed by atoms with E-state index < -0.39 is 0 Å². The fraction of sp³-hybridized carbons (Fsp3) is 0.385. The summed E-state index contributed by atoms with van der Waals surface area (Å²) in [5.41, 5.74) is 1.52. The first-order valence-electron chi connectivity index (χ1n) is 5.49. The molecule has 3 heteroatoms. The Morgan fingerprint density at radius 2 is 2.12 bits per heavy atom. The molecule has 0 amide bonds. The fourth-order valence-corrected chi connectivity index (χ4v) is 3.07. The SMILES string of the molecule is CCCl.c1ccc2c3c(sc2c1)COCC3. The van der Waals surface area contributed by atoms with Crippen LogP contribution in [0.4, 0.5) is 0 Å². The molecule has 0 radical (unpaired) electrons. The van der Waals surface area contributed by atoms with Crippen molar-refractivity contribution in [1.29, 1.82) is 0 Å². The molecule has 3 rings (SSSR count). The third-order valence-electron chi connectivity index (χ3n) is 2.51. The zero-order chi connectivity index (χ0) is 11.4. The molecular formula is C13H15ClOS. The van der Waals surface area contributed by atoms with E-state index in [0.717, 1.165) is 25.5 Å². The van der Waals surface area contributed by atoms with Gasteiger partial charge < -0.3 is 4.74 Å². The molecule has 0 saturated heterocycles. The number of alkyl halides is 1. The summed E-state index contributed by atoms with van der Waals surface area (Å²) < 4.78 is 6.84. The highest BCUT2D eigenvalue weighted by atomic mass is 35.5. The van der Waals surface area contributed by atoms with Crippen molar-refractivity contribution in [2.45, 2.75) is 20.0 Å². The number of fused-ring (bicyclic) bond motifs is 3. The van der Waals surface area contributed by atoms with E-state index in [4.69, 9.17) is 16.3 Å². The summed E-state index contributed by atoms with van der Waals surface area (Å²) in [6, 6.07) is 8.63. The van der Waals surface area contributed by atoms with Gasteiger partial charge in [0.25, 0.3) is 0 Å². The predicted octanol–water partition coefficient (Wildman–Crippen LogP) is 4.22. The van der Waals surface area contributed by atoms with E-state index in [1.54, 1.807) is 0 Å². The molecule has 86 valence electrons. The van der Waals surface area contributed by atoms with Gasteiger partial charge in [-0.15, -0.1) is 22.9 Å². The molecule has 0 fully saturated rings. The predicted molar refractivity (Wildman–Crippen MR) is 71.6 cm³/mol. The monoisotopic (exact) mass is 254 g/mol. The Balaban J connectivity index is 0.000000292. The number of ether oxygens (including phenoxy) is 1. The lowest BCUT2D eigenvalue weighted by atomic mass is 10.1. The molecule has 16 heavy (non-hydrogen) atoms. The molecule has 0 bridgehead atoms. The minimum Gasteiger partial charge on any atom is -0.376 e. The van der Waals surface area contributed by atoms with E-state index in [9.17, 15) is 0 Å². The van der Waals surface area contributed by atoms with Crippen molar-refractivity contribution < 1.29 is 4.74 Å². The van der Waals surface area contributed by atoms with E-state index in [1.165, 1.54) is 20.5 Å². The van der Waals surface area contributed by atoms with Crippen LogP contribution >= 0.6 is 22.9 Å². The van der Waals surface area contributed by atoms with Crippen molar-refractivity contribution >= 4 is 33.0 Å². The van der Waals surface area contributed by atoms with E-state index >= 15 is 0 Å².